The first kappa shape index (κ1) is 14.7. The van der Waals surface area contributed by atoms with E-state index in [0.29, 0.717) is 22.9 Å². The van der Waals surface area contributed by atoms with Gasteiger partial charge in [0.05, 0.1) is 5.56 Å². The van der Waals surface area contributed by atoms with E-state index >= 15 is 0 Å². The fourth-order valence-electron chi connectivity index (χ4n) is 1.17. The fraction of sp³-hybridized carbons (Fsp3) is 0.300. The Balaban J connectivity index is 2.86. The van der Waals surface area contributed by atoms with Crippen LogP contribution in [0.3, 0.4) is 0 Å². The Morgan fingerprint density at radius 2 is 1.89 bits per heavy atom. The highest BCUT2D eigenvalue weighted by molar-refractivity contribution is 5.80. The van der Waals surface area contributed by atoms with Crippen LogP contribution in [-0.2, 0) is 22.3 Å². The molecule has 1 aromatic rings. The number of nitrogens with one attached hydrogen (secondary N) is 2. The number of rotatable bonds is 2. The van der Waals surface area contributed by atoms with Gasteiger partial charge in [0.1, 0.15) is 6.54 Å². The predicted octanol–water partition coefficient (Wildman–Crippen LogP) is 0.0344. The summed E-state index contributed by atoms with van der Waals surface area (Å²) in [5.74, 6) is -1.37. The van der Waals surface area contributed by atoms with Crippen molar-refractivity contribution in [2.75, 3.05) is 0 Å². The average Bonchev–Trinajstić information content (AvgIpc) is 2.28. The highest BCUT2D eigenvalue weighted by Crippen LogP contribution is 2.27. The van der Waals surface area contributed by atoms with Gasteiger partial charge in [-0.2, -0.15) is 13.2 Å². The van der Waals surface area contributed by atoms with Gasteiger partial charge in [-0.15, -0.1) is 0 Å². The zero-order chi connectivity index (χ0) is 14.6. The Kier molecular flexibility index (Phi) is 4.30. The smallest absolute Gasteiger partial charge is 0.305 e. The maximum Gasteiger partial charge on any atom is 0.417 e. The molecule has 0 aliphatic heterocycles. The Morgan fingerprint density at radius 3 is 2.42 bits per heavy atom. The lowest BCUT2D eigenvalue weighted by molar-refractivity contribution is -0.138. The van der Waals surface area contributed by atoms with Crippen LogP contribution in [-0.4, -0.2) is 16.4 Å². The fourth-order valence-corrected chi connectivity index (χ4v) is 1.17. The number of carbonyl (C=O) groups is 2. The van der Waals surface area contributed by atoms with E-state index in [4.69, 9.17) is 0 Å². The first-order chi connectivity index (χ1) is 8.70. The topological polar surface area (TPSA) is 80.2 Å². The molecule has 9 heteroatoms. The van der Waals surface area contributed by atoms with Gasteiger partial charge in [0.2, 0.25) is 5.91 Å². The number of amides is 2. The van der Waals surface area contributed by atoms with Crippen molar-refractivity contribution < 1.29 is 22.8 Å². The summed E-state index contributed by atoms with van der Waals surface area (Å²) in [6.07, 6.45) is -4.07. The molecule has 0 fully saturated rings. The molecule has 0 atom stereocenters. The molecule has 0 aliphatic rings. The van der Waals surface area contributed by atoms with E-state index in [0.717, 1.165) is 6.92 Å². The third-order valence-corrected chi connectivity index (χ3v) is 2.00. The van der Waals surface area contributed by atoms with Gasteiger partial charge in [-0.25, -0.2) is 0 Å². The van der Waals surface area contributed by atoms with Crippen molar-refractivity contribution in [2.45, 2.75) is 19.6 Å². The van der Waals surface area contributed by atoms with Crippen molar-refractivity contribution in [3.8, 4) is 0 Å². The number of carbonyl (C=O) groups excluding carboxylic acids is 2. The molecule has 1 rings (SSSR count). The normalized spacial score (nSPS) is 10.9. The molecule has 0 saturated heterocycles. The Bertz CT molecular complexity index is 551. The number of pyridine rings is 1. The Hall–Kier alpha value is -2.32. The molecule has 1 aromatic heterocycles. The van der Waals surface area contributed by atoms with E-state index < -0.39 is 35.7 Å². The van der Waals surface area contributed by atoms with Crippen LogP contribution >= 0.6 is 0 Å². The molecule has 104 valence electrons. The van der Waals surface area contributed by atoms with Crippen LogP contribution in [0.5, 0.6) is 0 Å². The molecule has 2 N–H and O–H groups in total. The molecular weight excluding hydrogens is 267 g/mol. The Labute approximate surface area is 105 Å². The lowest BCUT2D eigenvalue weighted by atomic mass is 10.3. The third-order valence-electron chi connectivity index (χ3n) is 2.00. The van der Waals surface area contributed by atoms with Crippen LogP contribution in [0.4, 0.5) is 13.2 Å². The monoisotopic (exact) mass is 277 g/mol. The number of halogens is 3. The van der Waals surface area contributed by atoms with Gasteiger partial charge in [0, 0.05) is 19.2 Å². The number of hydrazine groups is 1. The summed E-state index contributed by atoms with van der Waals surface area (Å²) in [6.45, 7) is 0.500. The molecule has 0 radical (unpaired) electrons. The minimum atomic E-state index is -4.61. The van der Waals surface area contributed by atoms with E-state index in [1.165, 1.54) is 0 Å². The SMILES string of the molecule is CC(=O)NNC(=O)Cn1cc(C(F)(F)F)ccc1=O. The van der Waals surface area contributed by atoms with Crippen LogP contribution in [0, 0.1) is 0 Å². The number of hydrogen-bond acceptors (Lipinski definition) is 3. The molecule has 0 saturated carbocycles. The summed E-state index contributed by atoms with van der Waals surface area (Å²) in [7, 11) is 0. The number of aromatic nitrogens is 1. The van der Waals surface area contributed by atoms with E-state index in [2.05, 4.69) is 0 Å². The molecule has 19 heavy (non-hydrogen) atoms. The minimum Gasteiger partial charge on any atom is -0.305 e. The molecule has 0 unspecified atom stereocenters. The second-order valence-corrected chi connectivity index (χ2v) is 3.61. The first-order valence-corrected chi connectivity index (χ1v) is 5.03. The average molecular weight is 277 g/mol. The molecule has 0 aliphatic carbocycles. The summed E-state index contributed by atoms with van der Waals surface area (Å²) >= 11 is 0. The van der Waals surface area contributed by atoms with Crippen LogP contribution in [0.1, 0.15) is 12.5 Å². The molecule has 1 heterocycles. The van der Waals surface area contributed by atoms with Crippen LogP contribution in [0.15, 0.2) is 23.1 Å². The molecular formula is C10H10F3N3O3. The Morgan fingerprint density at radius 1 is 1.26 bits per heavy atom. The van der Waals surface area contributed by atoms with Crippen molar-refractivity contribution in [1.82, 2.24) is 15.4 Å². The lowest BCUT2D eigenvalue weighted by Crippen LogP contribution is -2.43. The van der Waals surface area contributed by atoms with Gasteiger partial charge in [0.25, 0.3) is 11.5 Å². The lowest BCUT2D eigenvalue weighted by Gasteiger charge is -2.10. The number of alkyl halides is 3. The van der Waals surface area contributed by atoms with Crippen LogP contribution in [0.25, 0.3) is 0 Å². The molecule has 2 amide bonds. The highest BCUT2D eigenvalue weighted by atomic mass is 19.4. The van der Waals surface area contributed by atoms with Gasteiger partial charge in [-0.05, 0) is 6.07 Å². The summed E-state index contributed by atoms with van der Waals surface area (Å²) in [6, 6.07) is 1.35. The van der Waals surface area contributed by atoms with Crippen molar-refractivity contribution >= 4 is 11.8 Å². The second-order valence-electron chi connectivity index (χ2n) is 3.61. The van der Waals surface area contributed by atoms with Crippen molar-refractivity contribution in [3.63, 3.8) is 0 Å². The maximum absolute atomic E-state index is 12.4. The predicted molar refractivity (Wildman–Crippen MR) is 57.7 cm³/mol. The van der Waals surface area contributed by atoms with Gasteiger partial charge in [-0.1, -0.05) is 0 Å². The van der Waals surface area contributed by atoms with E-state index in [-0.39, 0.29) is 0 Å². The quantitative estimate of drug-likeness (QED) is 0.749. The second kappa shape index (κ2) is 5.55. The van der Waals surface area contributed by atoms with Crippen molar-refractivity contribution in [2.24, 2.45) is 0 Å². The summed E-state index contributed by atoms with van der Waals surface area (Å²) in [4.78, 5) is 33.1. The molecule has 0 spiro atoms. The van der Waals surface area contributed by atoms with Gasteiger partial charge < -0.3 is 4.57 Å². The van der Waals surface area contributed by atoms with Gasteiger partial charge in [-0.3, -0.25) is 25.2 Å². The van der Waals surface area contributed by atoms with Crippen LogP contribution in [0.2, 0.25) is 0 Å². The minimum absolute atomic E-state index is 0.537. The number of hydrogen-bond donors (Lipinski definition) is 2. The summed E-state index contributed by atoms with van der Waals surface area (Å²) in [5.41, 5.74) is 2.09. The summed E-state index contributed by atoms with van der Waals surface area (Å²) < 4.78 is 37.9. The van der Waals surface area contributed by atoms with E-state index in [1.54, 1.807) is 0 Å². The van der Waals surface area contributed by atoms with Crippen LogP contribution < -0.4 is 16.4 Å². The zero-order valence-corrected chi connectivity index (χ0v) is 9.75. The van der Waals surface area contributed by atoms with Crippen molar-refractivity contribution in [1.29, 1.82) is 0 Å². The van der Waals surface area contributed by atoms with E-state index in [9.17, 15) is 27.6 Å². The first-order valence-electron chi connectivity index (χ1n) is 5.03. The van der Waals surface area contributed by atoms with Gasteiger partial charge in [0.15, 0.2) is 0 Å². The third kappa shape index (κ3) is 4.45. The summed E-state index contributed by atoms with van der Waals surface area (Å²) in [5, 5.41) is 0. The van der Waals surface area contributed by atoms with Gasteiger partial charge >= 0.3 is 6.18 Å². The standard InChI is InChI=1S/C10H10F3N3O3/c1-6(17)14-15-8(18)5-16-4-7(10(11,12)13)2-3-9(16)19/h2-4H,5H2,1H3,(H,14,17)(H,15,18). The van der Waals surface area contributed by atoms with Crippen molar-refractivity contribution in [3.05, 3.63) is 34.2 Å². The highest BCUT2D eigenvalue weighted by Gasteiger charge is 2.31. The molecule has 0 bridgehead atoms. The number of nitrogens with zero attached hydrogens (tertiary/aromatic N) is 1. The maximum atomic E-state index is 12.4. The molecule has 0 aromatic carbocycles. The van der Waals surface area contributed by atoms with E-state index in [1.807, 2.05) is 10.9 Å². The zero-order valence-electron chi connectivity index (χ0n) is 9.75. The largest absolute Gasteiger partial charge is 0.417 e. The molecule has 6 nitrogen and oxygen atoms in total.